The van der Waals surface area contributed by atoms with Crippen LogP contribution in [0.5, 0.6) is 0 Å². The molecule has 3 aromatic rings. The van der Waals surface area contributed by atoms with Gasteiger partial charge in [-0.3, -0.25) is 4.79 Å². The fourth-order valence-corrected chi connectivity index (χ4v) is 3.57. The number of methoxy groups -OCH3 is 1. The minimum Gasteiger partial charge on any atom is -0.467 e. The lowest BCUT2D eigenvalue weighted by molar-refractivity contribution is -0.143. The molecule has 0 aliphatic rings. The zero-order valence-corrected chi connectivity index (χ0v) is 21.1. The number of fused-ring (bicyclic) bond motifs is 1. The van der Waals surface area contributed by atoms with Crippen LogP contribution in [-0.4, -0.2) is 45.4 Å². The van der Waals surface area contributed by atoms with E-state index in [0.717, 1.165) is 6.07 Å². The van der Waals surface area contributed by atoms with E-state index in [-0.39, 0.29) is 36.2 Å². The highest BCUT2D eigenvalue weighted by molar-refractivity contribution is 5.86. The van der Waals surface area contributed by atoms with Crippen molar-refractivity contribution in [2.75, 3.05) is 7.11 Å². The fraction of sp³-hybridized carbons (Fsp3) is 0.400. The molecule has 204 valence electrons. The van der Waals surface area contributed by atoms with Crippen molar-refractivity contribution < 1.29 is 36.6 Å². The molecule has 2 aromatic heterocycles. The molecule has 0 spiro atoms. The Morgan fingerprint density at radius 3 is 2.37 bits per heavy atom. The topological polar surface area (TPSA) is 112 Å². The Hall–Kier alpha value is -4.03. The monoisotopic (exact) mass is 538 g/mol. The van der Waals surface area contributed by atoms with Gasteiger partial charge < -0.3 is 19.4 Å². The van der Waals surface area contributed by atoms with Crippen LogP contribution >= 0.6 is 0 Å². The normalized spacial score (nSPS) is 12.7. The number of aromatic nitrogens is 3. The maximum Gasteiger partial charge on any atom is 0.419 e. The van der Waals surface area contributed by atoms with Gasteiger partial charge in [-0.25, -0.2) is 23.9 Å². The molecule has 0 saturated carbocycles. The molecule has 0 aliphatic heterocycles. The predicted molar refractivity (Wildman–Crippen MR) is 129 cm³/mol. The van der Waals surface area contributed by atoms with Crippen LogP contribution in [0.3, 0.4) is 0 Å². The van der Waals surface area contributed by atoms with Gasteiger partial charge in [-0.05, 0) is 57.2 Å². The first-order chi connectivity index (χ1) is 17.7. The third kappa shape index (κ3) is 7.05. The first-order valence-electron chi connectivity index (χ1n) is 11.5. The number of nitrogens with zero attached hydrogens (tertiary/aromatic N) is 3. The maximum atomic E-state index is 14.8. The summed E-state index contributed by atoms with van der Waals surface area (Å²) in [5.74, 6) is -1.81. The number of alkyl halides is 3. The Bertz CT molecular complexity index is 1380. The largest absolute Gasteiger partial charge is 0.467 e. The number of alkyl carbamates (subject to hydrolysis) is 1. The molecule has 0 aliphatic carbocycles. The average molecular weight is 538 g/mol. The molecule has 2 heterocycles. The summed E-state index contributed by atoms with van der Waals surface area (Å²) in [6.07, 6.45) is -2.43. The number of esters is 1. The van der Waals surface area contributed by atoms with Gasteiger partial charge in [0.05, 0.1) is 23.6 Å². The van der Waals surface area contributed by atoms with Crippen LogP contribution in [0.4, 0.5) is 22.4 Å². The van der Waals surface area contributed by atoms with Crippen molar-refractivity contribution in [3.05, 3.63) is 58.5 Å². The summed E-state index contributed by atoms with van der Waals surface area (Å²) in [5, 5.41) is 2.83. The second-order valence-electron chi connectivity index (χ2n) is 9.39. The Labute approximate surface area is 214 Å². The lowest BCUT2D eigenvalue weighted by atomic mass is 10.1. The summed E-state index contributed by atoms with van der Waals surface area (Å²) in [6, 6.07) is 2.80. The minimum atomic E-state index is -4.63. The minimum absolute atomic E-state index is 0.0389. The summed E-state index contributed by atoms with van der Waals surface area (Å²) >= 11 is 0. The van der Waals surface area contributed by atoms with Crippen LogP contribution in [0.2, 0.25) is 0 Å². The molecule has 9 nitrogen and oxygen atoms in total. The smallest absolute Gasteiger partial charge is 0.419 e. The molecular weight excluding hydrogens is 512 g/mol. The molecule has 0 radical (unpaired) electrons. The van der Waals surface area contributed by atoms with Crippen molar-refractivity contribution >= 4 is 22.8 Å². The molecule has 0 saturated heterocycles. The third-order valence-corrected chi connectivity index (χ3v) is 5.35. The van der Waals surface area contributed by atoms with E-state index in [4.69, 9.17) is 9.47 Å². The highest BCUT2D eigenvalue weighted by Gasteiger charge is 2.31. The van der Waals surface area contributed by atoms with Crippen molar-refractivity contribution in [2.24, 2.45) is 0 Å². The molecule has 1 N–H and O–H groups in total. The van der Waals surface area contributed by atoms with Crippen LogP contribution in [0.25, 0.3) is 22.2 Å². The number of aryl methyl sites for hydroxylation is 1. The second-order valence-corrected chi connectivity index (χ2v) is 9.39. The number of carbonyl (C=O) groups is 2. The van der Waals surface area contributed by atoms with E-state index < -0.39 is 46.8 Å². The summed E-state index contributed by atoms with van der Waals surface area (Å²) in [7, 11) is 1.18. The highest BCUT2D eigenvalue weighted by atomic mass is 19.4. The Morgan fingerprint density at radius 1 is 1.13 bits per heavy atom. The van der Waals surface area contributed by atoms with Gasteiger partial charge >= 0.3 is 18.2 Å². The van der Waals surface area contributed by atoms with E-state index in [9.17, 15) is 31.9 Å². The Balaban J connectivity index is 1.76. The van der Waals surface area contributed by atoms with Crippen molar-refractivity contribution in [3.8, 4) is 11.4 Å². The van der Waals surface area contributed by atoms with E-state index >= 15 is 0 Å². The zero-order valence-electron chi connectivity index (χ0n) is 21.1. The SMILES string of the molecule is COC(=O)[C@@H](CCCn1ccc2cc(-c3ncc(C(F)(F)F)cn3)c(F)cc2c1=O)NC(=O)OC(C)(C)C. The average Bonchev–Trinajstić information content (AvgIpc) is 2.82. The van der Waals surface area contributed by atoms with Gasteiger partial charge in [0.1, 0.15) is 17.5 Å². The number of ether oxygens (including phenoxy) is 2. The number of rotatable bonds is 7. The van der Waals surface area contributed by atoms with Crippen molar-refractivity contribution in [2.45, 2.75) is 58.0 Å². The van der Waals surface area contributed by atoms with Crippen LogP contribution in [0.1, 0.15) is 39.2 Å². The highest BCUT2D eigenvalue weighted by Crippen LogP contribution is 2.30. The standard InChI is InChI=1S/C25H26F4N4O5/c1-24(2,3)38-23(36)32-19(22(35)37-4)6-5-8-33-9-7-14-10-17(18(26)11-16(14)21(33)34)20-30-12-15(13-31-20)25(27,28)29/h7,9-13,19H,5-6,8H2,1-4H3,(H,32,36)/t19-/m1/s1. The van der Waals surface area contributed by atoms with Crippen molar-refractivity contribution in [1.82, 2.24) is 19.9 Å². The van der Waals surface area contributed by atoms with Crippen molar-refractivity contribution in [3.63, 3.8) is 0 Å². The molecule has 13 heteroatoms. The Morgan fingerprint density at radius 2 is 1.79 bits per heavy atom. The van der Waals surface area contributed by atoms with E-state index in [1.54, 1.807) is 26.8 Å². The van der Waals surface area contributed by atoms with Gasteiger partial charge in [0, 0.05) is 25.1 Å². The van der Waals surface area contributed by atoms with Crippen LogP contribution in [0.15, 0.2) is 41.6 Å². The van der Waals surface area contributed by atoms with Crippen LogP contribution in [0, 0.1) is 5.82 Å². The van der Waals surface area contributed by atoms with Gasteiger partial charge in [-0.2, -0.15) is 13.2 Å². The van der Waals surface area contributed by atoms with Crippen molar-refractivity contribution in [1.29, 1.82) is 0 Å². The lowest BCUT2D eigenvalue weighted by Gasteiger charge is -2.22. The number of halogens is 4. The zero-order chi connectivity index (χ0) is 28.3. The van der Waals surface area contributed by atoms with Crippen LogP contribution < -0.4 is 10.9 Å². The van der Waals surface area contributed by atoms with Gasteiger partial charge in [0.15, 0.2) is 5.82 Å². The number of hydrogen-bond donors (Lipinski definition) is 1. The quantitative estimate of drug-likeness (QED) is 0.349. The van der Waals surface area contributed by atoms with E-state index in [2.05, 4.69) is 15.3 Å². The third-order valence-electron chi connectivity index (χ3n) is 5.35. The molecule has 0 unspecified atom stereocenters. The lowest BCUT2D eigenvalue weighted by Crippen LogP contribution is -2.44. The molecule has 0 bridgehead atoms. The van der Waals surface area contributed by atoms with Crippen LogP contribution in [-0.2, 0) is 27.0 Å². The summed E-state index contributed by atoms with van der Waals surface area (Å²) in [4.78, 5) is 44.3. The van der Waals surface area contributed by atoms with E-state index in [1.807, 2.05) is 0 Å². The number of pyridine rings is 1. The number of carbonyl (C=O) groups excluding carboxylic acids is 2. The van der Waals surface area contributed by atoms with Gasteiger partial charge in [-0.15, -0.1) is 0 Å². The molecular formula is C25H26F4N4O5. The summed E-state index contributed by atoms with van der Waals surface area (Å²) in [6.45, 7) is 5.17. The first-order valence-corrected chi connectivity index (χ1v) is 11.5. The van der Waals surface area contributed by atoms with Gasteiger partial charge in [0.25, 0.3) is 5.56 Å². The van der Waals surface area contributed by atoms with Gasteiger partial charge in [-0.1, -0.05) is 0 Å². The van der Waals surface area contributed by atoms with Gasteiger partial charge in [0.2, 0.25) is 0 Å². The van der Waals surface area contributed by atoms with E-state index in [1.165, 1.54) is 23.9 Å². The number of amides is 1. The maximum absolute atomic E-state index is 14.8. The molecule has 1 aromatic carbocycles. The van der Waals surface area contributed by atoms with E-state index in [0.29, 0.717) is 17.8 Å². The fourth-order valence-electron chi connectivity index (χ4n) is 3.57. The number of nitrogens with one attached hydrogen (secondary N) is 1. The molecule has 3 rings (SSSR count). The first kappa shape index (κ1) is 28.5. The predicted octanol–water partition coefficient (Wildman–Crippen LogP) is 4.46. The molecule has 1 amide bonds. The molecule has 38 heavy (non-hydrogen) atoms. The summed E-state index contributed by atoms with van der Waals surface area (Å²) in [5.41, 5.74) is -2.51. The second kappa shape index (κ2) is 11.2. The Kier molecular flexibility index (Phi) is 8.38. The summed E-state index contributed by atoms with van der Waals surface area (Å²) < 4.78 is 64.3. The molecule has 1 atom stereocenters. The molecule has 0 fully saturated rings. The number of hydrogen-bond acceptors (Lipinski definition) is 7. The number of benzene rings is 1.